The first-order chi connectivity index (χ1) is 13.3. The molecule has 3 rings (SSSR count). The second kappa shape index (κ2) is 8.24. The molecule has 0 radical (unpaired) electrons. The number of aromatic nitrogens is 1. The molecule has 9 heteroatoms. The summed E-state index contributed by atoms with van der Waals surface area (Å²) in [5, 5.41) is 10.0. The third-order valence-corrected chi connectivity index (χ3v) is 5.28. The summed E-state index contributed by atoms with van der Waals surface area (Å²) in [6.07, 6.45) is 0.741. The molecule has 2 N–H and O–H groups in total. The van der Waals surface area contributed by atoms with Gasteiger partial charge in [0, 0.05) is 18.3 Å². The molecule has 2 heterocycles. The molecule has 0 saturated carbocycles. The highest BCUT2D eigenvalue weighted by molar-refractivity contribution is 6.42. The standard InChI is InChI=1S/C19H20Cl2N4O3/c1-4-8-25-11(3)15(18(26)22-14-9-10(2)28-24-14)17(23-19(25)27)12-6-5-7-13(20)16(12)21/h5-7,9,17H,4,8H2,1-3H3,(H,23,27)(H,22,24,26). The van der Waals surface area contributed by atoms with Crippen LogP contribution in [0.4, 0.5) is 10.6 Å². The molecule has 0 fully saturated rings. The van der Waals surface area contributed by atoms with Crippen molar-refractivity contribution in [2.45, 2.75) is 33.2 Å². The Labute approximate surface area is 172 Å². The number of benzene rings is 1. The zero-order valence-corrected chi connectivity index (χ0v) is 17.2. The van der Waals surface area contributed by atoms with Gasteiger partial charge in [0.15, 0.2) is 5.82 Å². The van der Waals surface area contributed by atoms with E-state index in [0.717, 1.165) is 6.42 Å². The van der Waals surface area contributed by atoms with Gasteiger partial charge in [0.1, 0.15) is 5.76 Å². The van der Waals surface area contributed by atoms with Crippen molar-refractivity contribution in [1.29, 1.82) is 0 Å². The van der Waals surface area contributed by atoms with Crippen LogP contribution in [0.25, 0.3) is 0 Å². The number of amides is 3. The van der Waals surface area contributed by atoms with Gasteiger partial charge in [-0.25, -0.2) is 4.79 Å². The van der Waals surface area contributed by atoms with E-state index in [0.29, 0.717) is 34.2 Å². The predicted octanol–water partition coefficient (Wildman–Crippen LogP) is 4.68. The number of allylic oxidation sites excluding steroid dienone is 1. The summed E-state index contributed by atoms with van der Waals surface area (Å²) in [6, 6.07) is 5.67. The number of hydrogen-bond acceptors (Lipinski definition) is 4. The van der Waals surface area contributed by atoms with Gasteiger partial charge in [-0.3, -0.25) is 9.69 Å². The highest BCUT2D eigenvalue weighted by Crippen LogP contribution is 2.37. The third kappa shape index (κ3) is 3.86. The maximum atomic E-state index is 13.1. The lowest BCUT2D eigenvalue weighted by atomic mass is 9.94. The van der Waals surface area contributed by atoms with Crippen molar-refractivity contribution in [3.63, 3.8) is 0 Å². The number of urea groups is 1. The number of halogens is 2. The van der Waals surface area contributed by atoms with Gasteiger partial charge in [0.2, 0.25) is 0 Å². The molecule has 1 unspecified atom stereocenters. The van der Waals surface area contributed by atoms with E-state index in [-0.39, 0.29) is 16.9 Å². The molecule has 0 saturated heterocycles. The minimum atomic E-state index is -0.750. The van der Waals surface area contributed by atoms with Crippen molar-refractivity contribution >= 4 is 41.0 Å². The summed E-state index contributed by atoms with van der Waals surface area (Å²) in [5.74, 6) is 0.450. The lowest BCUT2D eigenvalue weighted by Crippen LogP contribution is -2.48. The van der Waals surface area contributed by atoms with Crippen LogP contribution < -0.4 is 10.6 Å². The maximum Gasteiger partial charge on any atom is 0.322 e. The number of rotatable bonds is 5. The van der Waals surface area contributed by atoms with Crippen LogP contribution in [0.2, 0.25) is 10.0 Å². The van der Waals surface area contributed by atoms with E-state index in [9.17, 15) is 9.59 Å². The Kier molecular flexibility index (Phi) is 5.96. The highest BCUT2D eigenvalue weighted by atomic mass is 35.5. The average molecular weight is 423 g/mol. The van der Waals surface area contributed by atoms with Gasteiger partial charge < -0.3 is 15.2 Å². The van der Waals surface area contributed by atoms with Gasteiger partial charge >= 0.3 is 6.03 Å². The quantitative estimate of drug-likeness (QED) is 0.731. The van der Waals surface area contributed by atoms with Crippen LogP contribution in [0.5, 0.6) is 0 Å². The number of nitrogens with zero attached hydrogens (tertiary/aromatic N) is 2. The molecule has 1 aliphatic rings. The van der Waals surface area contributed by atoms with Crippen LogP contribution in [-0.4, -0.2) is 28.5 Å². The summed E-state index contributed by atoms with van der Waals surface area (Å²) in [4.78, 5) is 27.3. The first-order valence-electron chi connectivity index (χ1n) is 8.80. The largest absolute Gasteiger partial charge is 0.360 e. The fourth-order valence-electron chi connectivity index (χ4n) is 3.15. The van der Waals surface area contributed by atoms with Gasteiger partial charge in [0.25, 0.3) is 5.91 Å². The fourth-order valence-corrected chi connectivity index (χ4v) is 3.57. The Balaban J connectivity index is 2.07. The lowest BCUT2D eigenvalue weighted by molar-refractivity contribution is -0.113. The third-order valence-electron chi connectivity index (χ3n) is 4.45. The Morgan fingerprint density at radius 3 is 2.75 bits per heavy atom. The molecule has 0 aliphatic carbocycles. The summed E-state index contributed by atoms with van der Waals surface area (Å²) in [7, 11) is 0. The van der Waals surface area contributed by atoms with Crippen molar-refractivity contribution in [3.8, 4) is 0 Å². The minimum Gasteiger partial charge on any atom is -0.360 e. The topological polar surface area (TPSA) is 87.5 Å². The Morgan fingerprint density at radius 2 is 2.11 bits per heavy atom. The van der Waals surface area contributed by atoms with E-state index < -0.39 is 11.9 Å². The average Bonchev–Trinajstić information content (AvgIpc) is 3.05. The molecule has 7 nitrogen and oxygen atoms in total. The summed E-state index contributed by atoms with van der Waals surface area (Å²) >= 11 is 12.5. The molecular weight excluding hydrogens is 403 g/mol. The molecule has 0 spiro atoms. The molecule has 1 atom stereocenters. The number of carbonyl (C=O) groups excluding carboxylic acids is 2. The van der Waals surface area contributed by atoms with Crippen LogP contribution in [0.15, 0.2) is 40.1 Å². The van der Waals surface area contributed by atoms with Crippen molar-refractivity contribution in [3.05, 3.63) is 56.9 Å². The first-order valence-corrected chi connectivity index (χ1v) is 9.56. The summed E-state index contributed by atoms with van der Waals surface area (Å²) in [6.45, 7) is 5.90. The highest BCUT2D eigenvalue weighted by Gasteiger charge is 2.36. The SMILES string of the molecule is CCCN1C(=O)NC(c2cccc(Cl)c2Cl)C(C(=O)Nc2cc(C)on2)=C1C. The van der Waals surface area contributed by atoms with Gasteiger partial charge in [-0.05, 0) is 31.9 Å². The Hall–Kier alpha value is -2.51. The van der Waals surface area contributed by atoms with E-state index >= 15 is 0 Å². The first kappa shape index (κ1) is 20.2. The zero-order valence-electron chi connectivity index (χ0n) is 15.7. The number of anilines is 1. The minimum absolute atomic E-state index is 0.286. The monoisotopic (exact) mass is 422 g/mol. The normalized spacial score (nSPS) is 17.0. The molecule has 0 bridgehead atoms. The smallest absolute Gasteiger partial charge is 0.322 e. The molecule has 28 heavy (non-hydrogen) atoms. The van der Waals surface area contributed by atoms with E-state index in [1.165, 1.54) is 4.90 Å². The zero-order chi connectivity index (χ0) is 20.4. The van der Waals surface area contributed by atoms with Crippen LogP contribution in [0.1, 0.15) is 37.6 Å². The molecule has 148 valence electrons. The molecule has 1 aliphatic heterocycles. The van der Waals surface area contributed by atoms with Crippen LogP contribution in [-0.2, 0) is 4.79 Å². The van der Waals surface area contributed by atoms with E-state index in [1.807, 2.05) is 6.92 Å². The second-order valence-electron chi connectivity index (χ2n) is 6.45. The summed E-state index contributed by atoms with van der Waals surface area (Å²) < 4.78 is 5.00. The van der Waals surface area contributed by atoms with Gasteiger partial charge in [-0.1, -0.05) is 47.4 Å². The Morgan fingerprint density at radius 1 is 1.36 bits per heavy atom. The number of aryl methyl sites for hydroxylation is 1. The Bertz CT molecular complexity index is 954. The van der Waals surface area contributed by atoms with Crippen LogP contribution in [0.3, 0.4) is 0 Å². The van der Waals surface area contributed by atoms with Crippen molar-refractivity contribution in [1.82, 2.24) is 15.4 Å². The van der Waals surface area contributed by atoms with Gasteiger partial charge in [-0.2, -0.15) is 0 Å². The molecule has 3 amide bonds. The van der Waals surface area contributed by atoms with Gasteiger partial charge in [0.05, 0.1) is 21.7 Å². The van der Waals surface area contributed by atoms with E-state index in [1.54, 1.807) is 38.1 Å². The molecule has 1 aromatic carbocycles. The molecule has 1 aromatic heterocycles. The van der Waals surface area contributed by atoms with Crippen molar-refractivity contribution in [2.75, 3.05) is 11.9 Å². The predicted molar refractivity (Wildman–Crippen MR) is 107 cm³/mol. The van der Waals surface area contributed by atoms with E-state index in [2.05, 4.69) is 15.8 Å². The maximum absolute atomic E-state index is 13.1. The van der Waals surface area contributed by atoms with Crippen LogP contribution >= 0.6 is 23.2 Å². The number of nitrogens with one attached hydrogen (secondary N) is 2. The second-order valence-corrected chi connectivity index (χ2v) is 7.24. The number of hydrogen-bond donors (Lipinski definition) is 2. The fraction of sp³-hybridized carbons (Fsp3) is 0.316. The van der Waals surface area contributed by atoms with Crippen molar-refractivity contribution in [2.24, 2.45) is 0 Å². The van der Waals surface area contributed by atoms with Crippen molar-refractivity contribution < 1.29 is 14.1 Å². The molecule has 2 aromatic rings. The molecular formula is C19H20Cl2N4O3. The van der Waals surface area contributed by atoms with E-state index in [4.69, 9.17) is 27.7 Å². The number of carbonyl (C=O) groups is 2. The summed E-state index contributed by atoms with van der Waals surface area (Å²) in [5.41, 5.74) is 1.45. The van der Waals surface area contributed by atoms with Gasteiger partial charge in [-0.15, -0.1) is 0 Å². The van der Waals surface area contributed by atoms with Crippen LogP contribution in [0, 0.1) is 6.92 Å². The lowest BCUT2D eigenvalue weighted by Gasteiger charge is -2.36.